The van der Waals surface area contributed by atoms with Crippen molar-refractivity contribution in [1.29, 1.82) is 0 Å². The van der Waals surface area contributed by atoms with E-state index in [0.29, 0.717) is 18.7 Å². The highest BCUT2D eigenvalue weighted by atomic mass is 16.5. The first-order valence-corrected chi connectivity index (χ1v) is 6.27. The van der Waals surface area contributed by atoms with Crippen molar-refractivity contribution in [3.8, 4) is 0 Å². The van der Waals surface area contributed by atoms with Crippen LogP contribution in [-0.2, 0) is 9.53 Å². The van der Waals surface area contributed by atoms with Gasteiger partial charge in [0.1, 0.15) is 0 Å². The van der Waals surface area contributed by atoms with E-state index in [1.807, 2.05) is 13.8 Å². The van der Waals surface area contributed by atoms with Crippen LogP contribution >= 0.6 is 0 Å². The minimum absolute atomic E-state index is 0.0120. The first-order valence-electron chi connectivity index (χ1n) is 6.27. The summed E-state index contributed by atoms with van der Waals surface area (Å²) in [5, 5.41) is 0. The van der Waals surface area contributed by atoms with Gasteiger partial charge in [-0.15, -0.1) is 0 Å². The summed E-state index contributed by atoms with van der Waals surface area (Å²) in [5.74, 6) is -0.378. The van der Waals surface area contributed by atoms with Gasteiger partial charge in [-0.2, -0.15) is 0 Å². The number of carbonyl (C=O) groups excluding carboxylic acids is 2. The largest absolute Gasteiger partial charge is 0.465 e. The Hall–Kier alpha value is -2.10. The highest BCUT2D eigenvalue weighted by Crippen LogP contribution is 2.07. The zero-order chi connectivity index (χ0) is 14.3. The van der Waals surface area contributed by atoms with Gasteiger partial charge < -0.3 is 9.64 Å². The van der Waals surface area contributed by atoms with Crippen molar-refractivity contribution >= 4 is 18.0 Å². The van der Waals surface area contributed by atoms with Gasteiger partial charge in [-0.1, -0.05) is 12.1 Å². The van der Waals surface area contributed by atoms with Crippen molar-refractivity contribution in [3.63, 3.8) is 0 Å². The van der Waals surface area contributed by atoms with Crippen LogP contribution in [0, 0.1) is 0 Å². The van der Waals surface area contributed by atoms with Gasteiger partial charge in [0.2, 0.25) is 5.91 Å². The number of ether oxygens (including phenoxy) is 1. The summed E-state index contributed by atoms with van der Waals surface area (Å²) in [6, 6.07) is 6.90. The van der Waals surface area contributed by atoms with Crippen LogP contribution < -0.4 is 0 Å². The predicted molar refractivity (Wildman–Crippen MR) is 74.7 cm³/mol. The van der Waals surface area contributed by atoms with Crippen molar-refractivity contribution < 1.29 is 14.3 Å². The standard InChI is InChI=1S/C15H19NO3/c1-4-16(5-2)14(17)11-8-12-6-9-13(10-7-12)15(18)19-3/h6-11H,4-5H2,1-3H3. The molecular formula is C15H19NO3. The van der Waals surface area contributed by atoms with E-state index in [4.69, 9.17) is 0 Å². The van der Waals surface area contributed by atoms with Crippen LogP contribution in [0.2, 0.25) is 0 Å². The zero-order valence-corrected chi connectivity index (χ0v) is 11.6. The summed E-state index contributed by atoms with van der Waals surface area (Å²) in [5.41, 5.74) is 1.36. The second-order valence-electron chi connectivity index (χ2n) is 3.96. The van der Waals surface area contributed by atoms with E-state index >= 15 is 0 Å². The predicted octanol–water partition coefficient (Wildman–Crippen LogP) is 2.35. The van der Waals surface area contributed by atoms with Crippen molar-refractivity contribution in [1.82, 2.24) is 4.90 Å². The molecule has 102 valence electrons. The van der Waals surface area contributed by atoms with E-state index in [2.05, 4.69) is 4.74 Å². The van der Waals surface area contributed by atoms with Crippen molar-refractivity contribution in [2.45, 2.75) is 13.8 Å². The smallest absolute Gasteiger partial charge is 0.337 e. The second kappa shape index (κ2) is 7.36. The van der Waals surface area contributed by atoms with Gasteiger partial charge in [0.15, 0.2) is 0 Å². The minimum Gasteiger partial charge on any atom is -0.465 e. The summed E-state index contributed by atoms with van der Waals surface area (Å²) >= 11 is 0. The van der Waals surface area contributed by atoms with E-state index in [1.54, 1.807) is 41.3 Å². The molecule has 0 spiro atoms. The second-order valence-corrected chi connectivity index (χ2v) is 3.96. The molecule has 4 nitrogen and oxygen atoms in total. The van der Waals surface area contributed by atoms with Gasteiger partial charge in [-0.25, -0.2) is 4.79 Å². The normalized spacial score (nSPS) is 10.5. The number of methoxy groups -OCH3 is 1. The molecule has 0 heterocycles. The molecule has 0 atom stereocenters. The van der Waals surface area contributed by atoms with Crippen LogP contribution in [0.25, 0.3) is 6.08 Å². The molecule has 19 heavy (non-hydrogen) atoms. The molecule has 4 heteroatoms. The number of esters is 1. The van der Waals surface area contributed by atoms with E-state index in [0.717, 1.165) is 5.56 Å². The lowest BCUT2D eigenvalue weighted by Crippen LogP contribution is -2.28. The fraction of sp³-hybridized carbons (Fsp3) is 0.333. The number of carbonyl (C=O) groups is 2. The summed E-state index contributed by atoms with van der Waals surface area (Å²) < 4.78 is 4.62. The Kier molecular flexibility index (Phi) is 5.79. The van der Waals surface area contributed by atoms with Crippen molar-refractivity contribution in [3.05, 3.63) is 41.5 Å². The van der Waals surface area contributed by atoms with E-state index in [-0.39, 0.29) is 11.9 Å². The van der Waals surface area contributed by atoms with Crippen LogP contribution in [-0.4, -0.2) is 37.0 Å². The molecule has 0 unspecified atom stereocenters. The topological polar surface area (TPSA) is 46.6 Å². The molecule has 0 aromatic heterocycles. The molecule has 1 amide bonds. The third-order valence-electron chi connectivity index (χ3n) is 2.83. The van der Waals surface area contributed by atoms with Crippen LogP contribution in [0.15, 0.2) is 30.3 Å². The molecular weight excluding hydrogens is 242 g/mol. The molecule has 0 fully saturated rings. The monoisotopic (exact) mass is 261 g/mol. The average Bonchev–Trinajstić information content (AvgIpc) is 2.46. The lowest BCUT2D eigenvalue weighted by molar-refractivity contribution is -0.125. The maximum absolute atomic E-state index is 11.8. The Morgan fingerprint density at radius 3 is 2.21 bits per heavy atom. The molecule has 1 aromatic carbocycles. The van der Waals surface area contributed by atoms with Crippen LogP contribution in [0.5, 0.6) is 0 Å². The van der Waals surface area contributed by atoms with Crippen LogP contribution in [0.4, 0.5) is 0 Å². The van der Waals surface area contributed by atoms with E-state index in [1.165, 1.54) is 7.11 Å². The highest BCUT2D eigenvalue weighted by molar-refractivity contribution is 5.92. The molecule has 0 radical (unpaired) electrons. The molecule has 1 rings (SSSR count). The summed E-state index contributed by atoms with van der Waals surface area (Å²) in [6.45, 7) is 5.28. The fourth-order valence-corrected chi connectivity index (χ4v) is 1.66. The summed E-state index contributed by atoms with van der Waals surface area (Å²) in [4.78, 5) is 24.8. The Morgan fingerprint density at radius 1 is 1.16 bits per heavy atom. The lowest BCUT2D eigenvalue weighted by Gasteiger charge is -2.15. The van der Waals surface area contributed by atoms with Crippen molar-refractivity contribution in [2.24, 2.45) is 0 Å². The lowest BCUT2D eigenvalue weighted by atomic mass is 10.1. The Morgan fingerprint density at radius 2 is 1.74 bits per heavy atom. The molecule has 0 aliphatic carbocycles. The van der Waals surface area contributed by atoms with Gasteiger partial charge in [0, 0.05) is 19.2 Å². The summed E-state index contributed by atoms with van der Waals surface area (Å²) in [7, 11) is 1.35. The van der Waals surface area contributed by atoms with Gasteiger partial charge >= 0.3 is 5.97 Å². The number of likely N-dealkylation sites (N-methyl/N-ethyl adjacent to an activating group) is 1. The Bertz CT molecular complexity index is 459. The Balaban J connectivity index is 2.72. The molecule has 0 saturated carbocycles. The van der Waals surface area contributed by atoms with Gasteiger partial charge in [0.25, 0.3) is 0 Å². The Labute approximate surface area is 113 Å². The van der Waals surface area contributed by atoms with Gasteiger partial charge in [0.05, 0.1) is 12.7 Å². The fourth-order valence-electron chi connectivity index (χ4n) is 1.66. The maximum atomic E-state index is 11.8. The number of amides is 1. The molecule has 1 aromatic rings. The third-order valence-corrected chi connectivity index (χ3v) is 2.83. The van der Waals surface area contributed by atoms with Crippen LogP contribution in [0.3, 0.4) is 0 Å². The first-order chi connectivity index (χ1) is 9.12. The van der Waals surface area contributed by atoms with Gasteiger partial charge in [-0.05, 0) is 37.6 Å². The van der Waals surface area contributed by atoms with E-state index in [9.17, 15) is 9.59 Å². The average molecular weight is 261 g/mol. The number of nitrogens with zero attached hydrogens (tertiary/aromatic N) is 1. The number of hydrogen-bond donors (Lipinski definition) is 0. The minimum atomic E-state index is -0.366. The van der Waals surface area contributed by atoms with Crippen molar-refractivity contribution in [2.75, 3.05) is 20.2 Å². The third kappa shape index (κ3) is 4.25. The summed E-state index contributed by atoms with van der Waals surface area (Å²) in [6.07, 6.45) is 3.28. The van der Waals surface area contributed by atoms with E-state index < -0.39 is 0 Å². The zero-order valence-electron chi connectivity index (χ0n) is 11.6. The quantitative estimate of drug-likeness (QED) is 0.604. The van der Waals surface area contributed by atoms with Crippen LogP contribution in [0.1, 0.15) is 29.8 Å². The maximum Gasteiger partial charge on any atom is 0.337 e. The molecule has 0 N–H and O–H groups in total. The number of rotatable bonds is 5. The molecule has 0 aliphatic heterocycles. The SMILES string of the molecule is CCN(CC)C(=O)C=Cc1ccc(C(=O)OC)cc1. The number of benzene rings is 1. The molecule has 0 aliphatic rings. The molecule has 0 saturated heterocycles. The number of hydrogen-bond acceptors (Lipinski definition) is 3. The molecule has 0 bridgehead atoms. The first kappa shape index (κ1) is 15.0. The highest BCUT2D eigenvalue weighted by Gasteiger charge is 2.05. The van der Waals surface area contributed by atoms with Gasteiger partial charge in [-0.3, -0.25) is 4.79 Å².